The molecular weight excluding hydrogens is 260 g/mol. The van der Waals surface area contributed by atoms with Crippen molar-refractivity contribution in [2.45, 2.75) is 33.7 Å². The van der Waals surface area contributed by atoms with Gasteiger partial charge in [0.25, 0.3) is 0 Å². The van der Waals surface area contributed by atoms with Crippen molar-refractivity contribution in [3.8, 4) is 5.75 Å². The number of aromatic nitrogens is 1. The molecule has 0 aliphatic carbocycles. The van der Waals surface area contributed by atoms with Gasteiger partial charge in [-0.1, -0.05) is 24.6 Å². The molecule has 0 spiro atoms. The molecule has 0 saturated heterocycles. The zero-order chi connectivity index (χ0) is 15.4. The van der Waals surface area contributed by atoms with E-state index in [0.29, 0.717) is 0 Å². The minimum Gasteiger partial charge on any atom is -0.495 e. The maximum atomic E-state index is 5.31. The third-order valence-electron chi connectivity index (χ3n) is 3.74. The number of rotatable bonds is 5. The van der Waals surface area contributed by atoms with E-state index >= 15 is 0 Å². The highest BCUT2D eigenvalue weighted by Crippen LogP contribution is 2.30. The molecule has 112 valence electrons. The molecule has 3 heteroatoms. The third-order valence-corrected chi connectivity index (χ3v) is 3.74. The van der Waals surface area contributed by atoms with Gasteiger partial charge in [-0.3, -0.25) is 4.98 Å². The molecule has 2 rings (SSSR count). The average molecular weight is 284 g/mol. The fraction of sp³-hybridized carbons (Fsp3) is 0.389. The summed E-state index contributed by atoms with van der Waals surface area (Å²) in [7, 11) is 1.67. The molecule has 0 fully saturated rings. The van der Waals surface area contributed by atoms with Crippen LogP contribution in [0.5, 0.6) is 5.75 Å². The van der Waals surface area contributed by atoms with Crippen LogP contribution in [-0.4, -0.2) is 18.6 Å². The van der Waals surface area contributed by atoms with Crippen molar-refractivity contribution in [1.82, 2.24) is 10.3 Å². The van der Waals surface area contributed by atoms with E-state index in [1.54, 1.807) is 13.3 Å². The quantitative estimate of drug-likeness (QED) is 0.908. The van der Waals surface area contributed by atoms with Gasteiger partial charge >= 0.3 is 0 Å². The summed E-state index contributed by atoms with van der Waals surface area (Å²) >= 11 is 0. The van der Waals surface area contributed by atoms with Gasteiger partial charge in [0.05, 0.1) is 19.3 Å². The van der Waals surface area contributed by atoms with Crippen LogP contribution >= 0.6 is 0 Å². The second-order valence-electron chi connectivity index (χ2n) is 5.46. The van der Waals surface area contributed by atoms with Crippen molar-refractivity contribution in [2.24, 2.45) is 0 Å². The summed E-state index contributed by atoms with van der Waals surface area (Å²) in [5, 5.41) is 3.57. The van der Waals surface area contributed by atoms with Crippen LogP contribution in [0.4, 0.5) is 0 Å². The molecule has 0 aliphatic heterocycles. The van der Waals surface area contributed by atoms with Gasteiger partial charge in [-0.15, -0.1) is 0 Å². The maximum absolute atomic E-state index is 5.31. The summed E-state index contributed by atoms with van der Waals surface area (Å²) < 4.78 is 5.31. The first-order valence-corrected chi connectivity index (χ1v) is 7.36. The van der Waals surface area contributed by atoms with Gasteiger partial charge in [0, 0.05) is 6.20 Å². The zero-order valence-corrected chi connectivity index (χ0v) is 13.5. The van der Waals surface area contributed by atoms with Crippen LogP contribution in [-0.2, 0) is 0 Å². The number of benzene rings is 1. The van der Waals surface area contributed by atoms with Gasteiger partial charge in [0.2, 0.25) is 0 Å². The summed E-state index contributed by atoms with van der Waals surface area (Å²) in [6.07, 6.45) is 3.65. The molecule has 1 aromatic carbocycles. The molecule has 1 heterocycles. The molecule has 1 N–H and O–H groups in total. The molecule has 1 unspecified atom stereocenters. The number of hydrogen-bond donors (Lipinski definition) is 1. The first-order chi connectivity index (χ1) is 10.1. The van der Waals surface area contributed by atoms with E-state index in [0.717, 1.165) is 17.9 Å². The number of ether oxygens (including phenoxy) is 1. The second-order valence-corrected chi connectivity index (χ2v) is 5.46. The molecular formula is C18H24N2O. The van der Waals surface area contributed by atoms with Crippen LogP contribution in [0.3, 0.4) is 0 Å². The number of pyridine rings is 1. The summed E-state index contributed by atoms with van der Waals surface area (Å²) in [6, 6.07) is 6.66. The van der Waals surface area contributed by atoms with Gasteiger partial charge in [-0.2, -0.15) is 0 Å². The molecule has 0 bridgehead atoms. The van der Waals surface area contributed by atoms with E-state index in [1.807, 2.05) is 6.20 Å². The predicted octanol–water partition coefficient (Wildman–Crippen LogP) is 3.71. The Morgan fingerprint density at radius 3 is 2.33 bits per heavy atom. The lowest BCUT2D eigenvalue weighted by atomic mass is 9.90. The molecule has 1 atom stereocenters. The number of nitrogens with one attached hydrogen (secondary N) is 1. The Morgan fingerprint density at radius 1 is 1.10 bits per heavy atom. The summed E-state index contributed by atoms with van der Waals surface area (Å²) in [4.78, 5) is 4.30. The molecule has 0 radical (unpaired) electrons. The van der Waals surface area contributed by atoms with E-state index in [1.165, 1.54) is 22.3 Å². The van der Waals surface area contributed by atoms with Crippen LogP contribution in [0.15, 0.2) is 30.6 Å². The number of methoxy groups -OCH3 is 1. The molecule has 21 heavy (non-hydrogen) atoms. The Bertz CT molecular complexity index is 599. The Hall–Kier alpha value is -1.87. The van der Waals surface area contributed by atoms with Gasteiger partial charge < -0.3 is 10.1 Å². The third kappa shape index (κ3) is 3.42. The molecule has 0 saturated carbocycles. The fourth-order valence-corrected chi connectivity index (χ4v) is 2.94. The topological polar surface area (TPSA) is 34.2 Å². The number of nitrogens with zero attached hydrogens (tertiary/aromatic N) is 1. The monoisotopic (exact) mass is 284 g/mol. The van der Waals surface area contributed by atoms with Gasteiger partial charge in [-0.25, -0.2) is 0 Å². The second kappa shape index (κ2) is 6.72. The molecule has 3 nitrogen and oxygen atoms in total. The first-order valence-electron chi connectivity index (χ1n) is 7.36. The van der Waals surface area contributed by atoms with E-state index in [9.17, 15) is 0 Å². The Balaban J connectivity index is 2.53. The van der Waals surface area contributed by atoms with Crippen molar-refractivity contribution in [3.05, 3.63) is 58.4 Å². The van der Waals surface area contributed by atoms with E-state index in [2.05, 4.69) is 56.2 Å². The Kier molecular flexibility index (Phi) is 4.97. The van der Waals surface area contributed by atoms with Crippen LogP contribution in [0.25, 0.3) is 0 Å². The van der Waals surface area contributed by atoms with Crippen molar-refractivity contribution in [2.75, 3.05) is 13.7 Å². The smallest absolute Gasteiger partial charge is 0.137 e. The Labute approximate surface area is 127 Å². The minimum atomic E-state index is 0.137. The van der Waals surface area contributed by atoms with Crippen LogP contribution in [0.2, 0.25) is 0 Å². The average Bonchev–Trinajstić information content (AvgIpc) is 2.45. The highest BCUT2D eigenvalue weighted by atomic mass is 16.5. The lowest BCUT2D eigenvalue weighted by Crippen LogP contribution is -2.24. The largest absolute Gasteiger partial charge is 0.495 e. The van der Waals surface area contributed by atoms with Gasteiger partial charge in [0.15, 0.2) is 0 Å². The number of hydrogen-bond acceptors (Lipinski definition) is 3. The summed E-state index contributed by atoms with van der Waals surface area (Å²) in [5.74, 6) is 0.790. The van der Waals surface area contributed by atoms with Crippen molar-refractivity contribution in [1.29, 1.82) is 0 Å². The summed E-state index contributed by atoms with van der Waals surface area (Å²) in [5.41, 5.74) is 6.37. The van der Waals surface area contributed by atoms with E-state index in [-0.39, 0.29) is 6.04 Å². The fourth-order valence-electron chi connectivity index (χ4n) is 2.94. The highest BCUT2D eigenvalue weighted by molar-refractivity contribution is 5.44. The van der Waals surface area contributed by atoms with Crippen LogP contribution in [0, 0.1) is 20.8 Å². The van der Waals surface area contributed by atoms with E-state index < -0.39 is 0 Å². The van der Waals surface area contributed by atoms with Crippen LogP contribution < -0.4 is 10.1 Å². The summed E-state index contributed by atoms with van der Waals surface area (Å²) in [6.45, 7) is 9.51. The van der Waals surface area contributed by atoms with Gasteiger partial charge in [0.1, 0.15) is 5.75 Å². The van der Waals surface area contributed by atoms with Crippen molar-refractivity contribution < 1.29 is 4.74 Å². The Morgan fingerprint density at radius 2 is 1.76 bits per heavy atom. The lowest BCUT2D eigenvalue weighted by Gasteiger charge is -2.23. The van der Waals surface area contributed by atoms with Gasteiger partial charge in [-0.05, 0) is 55.6 Å². The molecule has 0 aliphatic rings. The SMILES string of the molecule is CCNC(c1cncc(OC)c1)c1c(C)cc(C)cc1C. The molecule has 1 aromatic heterocycles. The highest BCUT2D eigenvalue weighted by Gasteiger charge is 2.18. The number of aryl methyl sites for hydroxylation is 3. The lowest BCUT2D eigenvalue weighted by molar-refractivity contribution is 0.411. The first kappa shape index (κ1) is 15.5. The van der Waals surface area contributed by atoms with E-state index in [4.69, 9.17) is 4.74 Å². The van der Waals surface area contributed by atoms with Crippen molar-refractivity contribution >= 4 is 0 Å². The minimum absolute atomic E-state index is 0.137. The molecule has 2 aromatic rings. The normalized spacial score (nSPS) is 12.2. The van der Waals surface area contributed by atoms with Crippen LogP contribution in [0.1, 0.15) is 40.8 Å². The maximum Gasteiger partial charge on any atom is 0.137 e. The molecule has 0 amide bonds. The standard InChI is InChI=1S/C18H24N2O/c1-6-20-18(15-9-16(21-5)11-19-10-15)17-13(3)7-12(2)8-14(17)4/h7-11,18,20H,6H2,1-5H3. The van der Waals surface area contributed by atoms with Crippen molar-refractivity contribution in [3.63, 3.8) is 0 Å². The predicted molar refractivity (Wildman–Crippen MR) is 87.0 cm³/mol. The zero-order valence-electron chi connectivity index (χ0n) is 13.5.